The standard InChI is InChI=1S/C21H30N4O5S/c1-31-11-9-16(21(29)30)24-18(26)13-23-19(27)17(12-14-6-3-2-4-7-14)25-20(28)15-8-5-10-22-15/h2-4,6-7,15-17,22H,5,8-13H2,1H3,(H,23,27)(H,24,26)(H,25,28)(H,29,30). The van der Waals surface area contributed by atoms with E-state index in [0.717, 1.165) is 18.5 Å². The number of amides is 3. The molecule has 1 aromatic rings. The molecule has 170 valence electrons. The largest absolute Gasteiger partial charge is 0.480 e. The van der Waals surface area contributed by atoms with E-state index in [9.17, 15) is 24.3 Å². The highest BCUT2D eigenvalue weighted by Crippen LogP contribution is 2.08. The van der Waals surface area contributed by atoms with Gasteiger partial charge in [0, 0.05) is 6.42 Å². The van der Waals surface area contributed by atoms with Crippen LogP contribution in [0.5, 0.6) is 0 Å². The van der Waals surface area contributed by atoms with Crippen LogP contribution in [-0.4, -0.2) is 72.0 Å². The second-order valence-corrected chi connectivity index (χ2v) is 8.34. The molecule has 3 amide bonds. The van der Waals surface area contributed by atoms with Gasteiger partial charge in [0.2, 0.25) is 17.7 Å². The second kappa shape index (κ2) is 13.0. The molecule has 10 heteroatoms. The number of aliphatic carboxylic acids is 1. The third-order valence-corrected chi connectivity index (χ3v) is 5.60. The van der Waals surface area contributed by atoms with Gasteiger partial charge in [-0.05, 0) is 43.4 Å². The number of nitrogens with one attached hydrogen (secondary N) is 4. The minimum atomic E-state index is -1.12. The van der Waals surface area contributed by atoms with Gasteiger partial charge in [0.25, 0.3) is 0 Å². The molecule has 1 aliphatic rings. The van der Waals surface area contributed by atoms with Crippen LogP contribution in [0.4, 0.5) is 0 Å². The van der Waals surface area contributed by atoms with Crippen molar-refractivity contribution in [3.63, 3.8) is 0 Å². The Kier molecular flexibility index (Phi) is 10.3. The lowest BCUT2D eigenvalue weighted by Crippen LogP contribution is -2.54. The van der Waals surface area contributed by atoms with Gasteiger partial charge in [-0.2, -0.15) is 11.8 Å². The first kappa shape index (κ1) is 24.7. The minimum Gasteiger partial charge on any atom is -0.480 e. The van der Waals surface area contributed by atoms with Crippen molar-refractivity contribution in [1.29, 1.82) is 0 Å². The summed E-state index contributed by atoms with van der Waals surface area (Å²) in [6, 6.07) is 7.08. The number of thioether (sulfide) groups is 1. The number of carbonyl (C=O) groups is 4. The van der Waals surface area contributed by atoms with Gasteiger partial charge in [0.05, 0.1) is 12.6 Å². The Balaban J connectivity index is 1.94. The molecule has 31 heavy (non-hydrogen) atoms. The summed E-state index contributed by atoms with van der Waals surface area (Å²) in [5.74, 6) is -1.87. The summed E-state index contributed by atoms with van der Waals surface area (Å²) in [6.45, 7) is 0.389. The molecule has 0 spiro atoms. The third kappa shape index (κ3) is 8.58. The molecule has 5 N–H and O–H groups in total. The quantitative estimate of drug-likeness (QED) is 0.300. The first-order chi connectivity index (χ1) is 14.9. The van der Waals surface area contributed by atoms with Crippen molar-refractivity contribution in [3.05, 3.63) is 35.9 Å². The Morgan fingerprint density at radius 1 is 1.16 bits per heavy atom. The zero-order valence-electron chi connectivity index (χ0n) is 17.6. The molecular weight excluding hydrogens is 420 g/mol. The molecule has 1 saturated heterocycles. The fourth-order valence-electron chi connectivity index (χ4n) is 3.27. The van der Waals surface area contributed by atoms with E-state index in [2.05, 4.69) is 21.3 Å². The van der Waals surface area contributed by atoms with Gasteiger partial charge in [0.15, 0.2) is 0 Å². The van der Waals surface area contributed by atoms with Gasteiger partial charge in [-0.1, -0.05) is 30.3 Å². The van der Waals surface area contributed by atoms with Gasteiger partial charge < -0.3 is 26.4 Å². The Labute approximate surface area is 186 Å². The summed E-state index contributed by atoms with van der Waals surface area (Å²) in [6.07, 6.45) is 4.02. The van der Waals surface area contributed by atoms with Crippen LogP contribution in [-0.2, 0) is 25.6 Å². The van der Waals surface area contributed by atoms with E-state index in [-0.39, 0.29) is 31.3 Å². The van der Waals surface area contributed by atoms with Crippen molar-refractivity contribution in [2.75, 3.05) is 25.1 Å². The number of carbonyl (C=O) groups excluding carboxylic acids is 3. The monoisotopic (exact) mass is 450 g/mol. The molecule has 2 rings (SSSR count). The summed E-state index contributed by atoms with van der Waals surface area (Å²) in [5, 5.41) is 20.0. The molecule has 0 aromatic heterocycles. The van der Waals surface area contributed by atoms with Crippen LogP contribution in [0.25, 0.3) is 0 Å². The van der Waals surface area contributed by atoms with E-state index in [0.29, 0.717) is 12.2 Å². The maximum Gasteiger partial charge on any atom is 0.326 e. The first-order valence-electron chi connectivity index (χ1n) is 10.3. The van der Waals surface area contributed by atoms with Crippen molar-refractivity contribution >= 4 is 35.5 Å². The lowest BCUT2D eigenvalue weighted by molar-refractivity contribution is -0.141. The van der Waals surface area contributed by atoms with E-state index < -0.39 is 29.9 Å². The molecule has 1 aromatic carbocycles. The van der Waals surface area contributed by atoms with Crippen molar-refractivity contribution in [2.45, 2.75) is 43.8 Å². The number of carboxylic acids is 1. The van der Waals surface area contributed by atoms with Gasteiger partial charge in [-0.25, -0.2) is 4.79 Å². The summed E-state index contributed by atoms with van der Waals surface area (Å²) < 4.78 is 0. The van der Waals surface area contributed by atoms with Crippen LogP contribution < -0.4 is 21.3 Å². The maximum absolute atomic E-state index is 12.7. The molecule has 0 saturated carbocycles. The average molecular weight is 451 g/mol. The Hall–Kier alpha value is -2.59. The fraction of sp³-hybridized carbons (Fsp3) is 0.524. The minimum absolute atomic E-state index is 0.249. The van der Waals surface area contributed by atoms with Crippen molar-refractivity contribution in [1.82, 2.24) is 21.3 Å². The Morgan fingerprint density at radius 3 is 2.52 bits per heavy atom. The molecule has 1 heterocycles. The van der Waals surface area contributed by atoms with Crippen LogP contribution in [0.1, 0.15) is 24.8 Å². The normalized spacial score (nSPS) is 17.4. The third-order valence-electron chi connectivity index (χ3n) is 4.96. The van der Waals surface area contributed by atoms with E-state index in [4.69, 9.17) is 0 Å². The topological polar surface area (TPSA) is 137 Å². The maximum atomic E-state index is 12.7. The molecule has 0 aliphatic carbocycles. The molecular formula is C21H30N4O5S. The summed E-state index contributed by atoms with van der Waals surface area (Å²) >= 11 is 1.48. The van der Waals surface area contributed by atoms with Crippen molar-refractivity contribution in [3.8, 4) is 0 Å². The van der Waals surface area contributed by atoms with Crippen LogP contribution in [0, 0.1) is 0 Å². The predicted octanol–water partition coefficient (Wildman–Crippen LogP) is -0.0954. The second-order valence-electron chi connectivity index (χ2n) is 7.36. The number of benzene rings is 1. The molecule has 3 atom stereocenters. The summed E-state index contributed by atoms with van der Waals surface area (Å²) in [7, 11) is 0. The number of hydrogen-bond acceptors (Lipinski definition) is 6. The highest BCUT2D eigenvalue weighted by atomic mass is 32.2. The zero-order chi connectivity index (χ0) is 22.6. The first-order valence-corrected chi connectivity index (χ1v) is 11.7. The van der Waals surface area contributed by atoms with E-state index >= 15 is 0 Å². The van der Waals surface area contributed by atoms with Crippen LogP contribution in [0.2, 0.25) is 0 Å². The smallest absolute Gasteiger partial charge is 0.326 e. The summed E-state index contributed by atoms with van der Waals surface area (Å²) in [5.41, 5.74) is 0.870. The summed E-state index contributed by atoms with van der Waals surface area (Å²) in [4.78, 5) is 48.7. The molecule has 0 bridgehead atoms. The zero-order valence-corrected chi connectivity index (χ0v) is 18.4. The van der Waals surface area contributed by atoms with Gasteiger partial charge in [-0.15, -0.1) is 0 Å². The Morgan fingerprint density at radius 2 is 1.90 bits per heavy atom. The lowest BCUT2D eigenvalue weighted by atomic mass is 10.0. The number of carboxylic acid groups (broad SMARTS) is 1. The van der Waals surface area contributed by atoms with Gasteiger partial charge in [0.1, 0.15) is 12.1 Å². The van der Waals surface area contributed by atoms with Gasteiger partial charge in [-0.3, -0.25) is 14.4 Å². The van der Waals surface area contributed by atoms with Crippen LogP contribution in [0.3, 0.4) is 0 Å². The van der Waals surface area contributed by atoms with E-state index in [1.54, 1.807) is 0 Å². The molecule has 0 radical (unpaired) electrons. The molecule has 3 unspecified atom stereocenters. The van der Waals surface area contributed by atoms with Crippen molar-refractivity contribution in [2.24, 2.45) is 0 Å². The SMILES string of the molecule is CSCCC(NC(=O)CNC(=O)C(Cc1ccccc1)NC(=O)C1CCCN1)C(=O)O. The molecule has 1 fully saturated rings. The van der Waals surface area contributed by atoms with E-state index in [1.807, 2.05) is 36.6 Å². The van der Waals surface area contributed by atoms with Crippen LogP contribution in [0.15, 0.2) is 30.3 Å². The molecule has 9 nitrogen and oxygen atoms in total. The van der Waals surface area contributed by atoms with Crippen molar-refractivity contribution < 1.29 is 24.3 Å². The number of rotatable bonds is 12. The predicted molar refractivity (Wildman–Crippen MR) is 119 cm³/mol. The van der Waals surface area contributed by atoms with Gasteiger partial charge >= 0.3 is 5.97 Å². The van der Waals surface area contributed by atoms with Crippen LogP contribution >= 0.6 is 11.8 Å². The van der Waals surface area contributed by atoms with E-state index in [1.165, 1.54) is 11.8 Å². The highest BCUT2D eigenvalue weighted by molar-refractivity contribution is 7.98. The fourth-order valence-corrected chi connectivity index (χ4v) is 3.74. The average Bonchev–Trinajstić information content (AvgIpc) is 3.30. The highest BCUT2D eigenvalue weighted by Gasteiger charge is 2.28. The lowest BCUT2D eigenvalue weighted by Gasteiger charge is -2.21. The number of hydrogen-bond donors (Lipinski definition) is 5. The Bertz CT molecular complexity index is 755. The molecule has 1 aliphatic heterocycles.